The van der Waals surface area contributed by atoms with Crippen molar-refractivity contribution in [1.29, 1.82) is 0 Å². The third-order valence-corrected chi connectivity index (χ3v) is 5.37. The van der Waals surface area contributed by atoms with E-state index in [1.54, 1.807) is 30.3 Å². The minimum atomic E-state index is -3.58. The van der Waals surface area contributed by atoms with Crippen LogP contribution < -0.4 is 21.7 Å². The average Bonchev–Trinajstić information content (AvgIpc) is 2.70. The van der Waals surface area contributed by atoms with Crippen molar-refractivity contribution in [2.75, 3.05) is 24.7 Å². The van der Waals surface area contributed by atoms with E-state index in [4.69, 9.17) is 5.73 Å². The van der Waals surface area contributed by atoms with Crippen molar-refractivity contribution in [2.45, 2.75) is 17.4 Å². The number of sulfone groups is 1. The van der Waals surface area contributed by atoms with Crippen LogP contribution in [0.3, 0.4) is 0 Å². The zero-order valence-corrected chi connectivity index (χ0v) is 17.5. The number of nitrogens with one attached hydrogen (secondary N) is 3. The quantitative estimate of drug-likeness (QED) is 0.240. The van der Waals surface area contributed by atoms with E-state index < -0.39 is 26.8 Å². The van der Waals surface area contributed by atoms with Gasteiger partial charge in [-0.05, 0) is 17.7 Å². The Morgan fingerprint density at radius 3 is 2.39 bits per heavy atom. The lowest BCUT2D eigenvalue weighted by Crippen LogP contribution is -2.37. The van der Waals surface area contributed by atoms with Gasteiger partial charge < -0.3 is 21.7 Å². The highest BCUT2D eigenvalue weighted by atomic mass is 32.2. The number of carbonyl (C=O) groups excluding carboxylic acids is 2. The molecule has 166 valence electrons. The van der Waals surface area contributed by atoms with E-state index in [0.29, 0.717) is 0 Å². The first-order valence-corrected chi connectivity index (χ1v) is 11.1. The Bertz CT molecular complexity index is 1060. The monoisotopic (exact) mass is 449 g/mol. The molecule has 5 N–H and O–H groups in total. The second-order valence-corrected chi connectivity index (χ2v) is 8.68. The second kappa shape index (κ2) is 10.4. The normalized spacial score (nSPS) is 11.9. The van der Waals surface area contributed by atoms with Crippen LogP contribution in [0.1, 0.15) is 18.0 Å². The number of nitrogens with zero attached hydrogens (tertiary/aromatic N) is 1. The minimum Gasteiger partial charge on any atom is -0.378 e. The summed E-state index contributed by atoms with van der Waals surface area (Å²) in [5.74, 6) is -0.355. The number of hydrogen-bond acceptors (Lipinski definition) is 7. The number of rotatable bonds is 10. The van der Waals surface area contributed by atoms with Gasteiger partial charge in [0.25, 0.3) is 5.69 Å². The van der Waals surface area contributed by atoms with Gasteiger partial charge in [0.05, 0.1) is 22.3 Å². The predicted octanol–water partition coefficient (Wildman–Crippen LogP) is 1.33. The first kappa shape index (κ1) is 23.6. The van der Waals surface area contributed by atoms with Crippen LogP contribution in [0.25, 0.3) is 0 Å². The summed E-state index contributed by atoms with van der Waals surface area (Å²) >= 11 is 0. The number of anilines is 1. The molecule has 0 radical (unpaired) electrons. The van der Waals surface area contributed by atoms with E-state index in [0.717, 1.165) is 17.9 Å². The van der Waals surface area contributed by atoms with Crippen molar-refractivity contribution < 1.29 is 22.9 Å². The zero-order valence-electron chi connectivity index (χ0n) is 16.7. The summed E-state index contributed by atoms with van der Waals surface area (Å²) in [4.78, 5) is 33.9. The number of nitro benzene ring substituents is 1. The highest BCUT2D eigenvalue weighted by Crippen LogP contribution is 2.27. The van der Waals surface area contributed by atoms with Crippen LogP contribution in [0, 0.1) is 10.1 Å². The van der Waals surface area contributed by atoms with E-state index in [-0.39, 0.29) is 41.7 Å². The lowest BCUT2D eigenvalue weighted by Gasteiger charge is -2.18. The molecular weight excluding hydrogens is 426 g/mol. The maximum atomic E-state index is 12.2. The van der Waals surface area contributed by atoms with Gasteiger partial charge in [0.2, 0.25) is 5.91 Å². The minimum absolute atomic E-state index is 0.0455. The number of carbonyl (C=O) groups is 2. The van der Waals surface area contributed by atoms with E-state index >= 15 is 0 Å². The molecular formula is C19H23N5O6S. The first-order chi connectivity index (χ1) is 14.6. The molecule has 0 aromatic heterocycles. The molecule has 3 amide bonds. The third kappa shape index (κ3) is 7.26. The number of hydrogen-bond donors (Lipinski definition) is 4. The Morgan fingerprint density at radius 2 is 1.81 bits per heavy atom. The molecule has 0 bridgehead atoms. The van der Waals surface area contributed by atoms with Gasteiger partial charge in [0.1, 0.15) is 5.69 Å². The van der Waals surface area contributed by atoms with E-state index in [9.17, 15) is 28.1 Å². The van der Waals surface area contributed by atoms with Gasteiger partial charge in [-0.15, -0.1) is 0 Å². The Morgan fingerprint density at radius 1 is 1.13 bits per heavy atom. The smallest absolute Gasteiger partial charge is 0.312 e. The van der Waals surface area contributed by atoms with Gasteiger partial charge in [0, 0.05) is 25.4 Å². The molecule has 2 aromatic carbocycles. The Kier molecular flexibility index (Phi) is 7.91. The van der Waals surface area contributed by atoms with Crippen LogP contribution in [0.5, 0.6) is 0 Å². The van der Waals surface area contributed by atoms with Gasteiger partial charge in [0.15, 0.2) is 9.84 Å². The fourth-order valence-corrected chi connectivity index (χ4v) is 3.45. The van der Waals surface area contributed by atoms with Crippen LogP contribution in [-0.2, 0) is 14.6 Å². The van der Waals surface area contributed by atoms with Crippen LogP contribution in [0.4, 0.5) is 16.2 Å². The summed E-state index contributed by atoms with van der Waals surface area (Å²) in [7, 11) is -3.58. The van der Waals surface area contributed by atoms with Crippen molar-refractivity contribution in [3.8, 4) is 0 Å². The maximum Gasteiger partial charge on any atom is 0.312 e. The highest BCUT2D eigenvalue weighted by molar-refractivity contribution is 7.90. The largest absolute Gasteiger partial charge is 0.378 e. The van der Waals surface area contributed by atoms with E-state index in [1.165, 1.54) is 12.1 Å². The molecule has 1 atom stereocenters. The number of primary amides is 1. The molecule has 2 aromatic rings. The average molecular weight is 449 g/mol. The van der Waals surface area contributed by atoms with Gasteiger partial charge in [-0.1, -0.05) is 30.3 Å². The molecule has 11 nitrogen and oxygen atoms in total. The Labute approximate surface area is 179 Å². The number of benzene rings is 2. The number of nitrogens with two attached hydrogens (primary N) is 1. The maximum absolute atomic E-state index is 12.2. The topological polar surface area (TPSA) is 174 Å². The van der Waals surface area contributed by atoms with Crippen LogP contribution >= 0.6 is 0 Å². The van der Waals surface area contributed by atoms with E-state index in [2.05, 4.69) is 16.0 Å². The molecule has 1 unspecified atom stereocenters. The Hall–Kier alpha value is -3.67. The zero-order chi connectivity index (χ0) is 23.0. The van der Waals surface area contributed by atoms with Gasteiger partial charge in [-0.3, -0.25) is 14.9 Å². The summed E-state index contributed by atoms with van der Waals surface area (Å²) < 4.78 is 23.2. The summed E-state index contributed by atoms with van der Waals surface area (Å²) in [6.45, 7) is 0.298. The molecule has 0 heterocycles. The molecule has 2 rings (SSSR count). The molecule has 0 fully saturated rings. The fraction of sp³-hybridized carbons (Fsp3) is 0.263. The third-order valence-electron chi connectivity index (χ3n) is 4.26. The van der Waals surface area contributed by atoms with Gasteiger partial charge >= 0.3 is 6.03 Å². The standard InChI is InChI=1S/C19H23N5O6S/c1-31(29,30)14-7-8-15(17(11-14)24(27)28)21-9-10-22-18(25)12-16(23-19(20)26)13-5-3-2-4-6-13/h2-8,11,16,21H,9-10,12H2,1H3,(H,22,25)(H3,20,23,26). The van der Waals surface area contributed by atoms with Crippen molar-refractivity contribution in [1.82, 2.24) is 10.6 Å². The van der Waals surface area contributed by atoms with Crippen LogP contribution in [0.15, 0.2) is 53.4 Å². The van der Waals surface area contributed by atoms with Crippen molar-refractivity contribution in [2.24, 2.45) is 5.73 Å². The fourth-order valence-electron chi connectivity index (χ4n) is 2.81. The summed E-state index contributed by atoms with van der Waals surface area (Å²) in [6.07, 6.45) is 0.917. The highest BCUT2D eigenvalue weighted by Gasteiger charge is 2.19. The van der Waals surface area contributed by atoms with E-state index in [1.807, 2.05) is 0 Å². The molecule has 0 saturated heterocycles. The predicted molar refractivity (Wildman–Crippen MR) is 114 cm³/mol. The molecule has 12 heteroatoms. The molecule has 0 aliphatic heterocycles. The number of nitro groups is 1. The lowest BCUT2D eigenvalue weighted by atomic mass is 10.0. The van der Waals surface area contributed by atoms with Crippen LogP contribution in [0.2, 0.25) is 0 Å². The summed E-state index contributed by atoms with van der Waals surface area (Å²) in [5.41, 5.74) is 5.65. The molecule has 0 aliphatic rings. The molecule has 0 spiro atoms. The van der Waals surface area contributed by atoms with Gasteiger partial charge in [-0.25, -0.2) is 13.2 Å². The number of amides is 3. The first-order valence-electron chi connectivity index (χ1n) is 9.18. The van der Waals surface area contributed by atoms with Crippen molar-refractivity contribution in [3.63, 3.8) is 0 Å². The second-order valence-electron chi connectivity index (χ2n) is 6.66. The molecule has 0 aliphatic carbocycles. The SMILES string of the molecule is CS(=O)(=O)c1ccc(NCCNC(=O)CC(NC(N)=O)c2ccccc2)c([N+](=O)[O-])c1. The lowest BCUT2D eigenvalue weighted by molar-refractivity contribution is -0.384. The van der Waals surface area contributed by atoms with Crippen LogP contribution in [-0.4, -0.2) is 44.6 Å². The van der Waals surface area contributed by atoms with Crippen molar-refractivity contribution >= 4 is 33.2 Å². The van der Waals surface area contributed by atoms with Gasteiger partial charge in [-0.2, -0.15) is 0 Å². The summed E-state index contributed by atoms with van der Waals surface area (Å²) in [5, 5.41) is 19.2. The molecule has 31 heavy (non-hydrogen) atoms. The summed E-state index contributed by atoms with van der Waals surface area (Å²) in [6, 6.07) is 11.1. The molecule has 0 saturated carbocycles. The number of urea groups is 1. The van der Waals surface area contributed by atoms with Crippen molar-refractivity contribution in [3.05, 3.63) is 64.2 Å². The Balaban J connectivity index is 1.94.